The average molecular weight is 461 g/mol. The molecule has 2 aromatic rings. The van der Waals surface area contributed by atoms with Crippen LogP contribution in [-0.4, -0.2) is 44.1 Å². The van der Waals surface area contributed by atoms with E-state index in [1.54, 1.807) is 32.0 Å². The number of esters is 1. The van der Waals surface area contributed by atoms with E-state index in [-0.39, 0.29) is 23.8 Å². The molecule has 0 saturated carbocycles. The van der Waals surface area contributed by atoms with E-state index in [2.05, 4.69) is 10.6 Å². The summed E-state index contributed by atoms with van der Waals surface area (Å²) < 4.78 is 28.6. The first-order chi connectivity index (χ1) is 15.6. The maximum absolute atomic E-state index is 13.0. The van der Waals surface area contributed by atoms with Crippen LogP contribution < -0.4 is 20.1 Å². The van der Waals surface area contributed by atoms with Gasteiger partial charge in [-0.15, -0.1) is 0 Å². The molecule has 33 heavy (non-hydrogen) atoms. The van der Waals surface area contributed by atoms with E-state index in [1.807, 2.05) is 0 Å². The molecule has 0 saturated heterocycles. The third-order valence-electron chi connectivity index (χ3n) is 4.86. The molecule has 1 unspecified atom stereocenters. The van der Waals surface area contributed by atoms with Crippen LogP contribution in [0.15, 0.2) is 42.5 Å². The largest absolute Gasteiger partial charge is 0.497 e. The summed E-state index contributed by atoms with van der Waals surface area (Å²) in [5, 5.41) is 5.28. The van der Waals surface area contributed by atoms with Crippen molar-refractivity contribution in [3.8, 4) is 11.5 Å². The summed E-state index contributed by atoms with van der Waals surface area (Å²) >= 11 is 0. The number of nitrogens with one attached hydrogen (secondary N) is 2. The smallest absolute Gasteiger partial charge is 0.329 e. The van der Waals surface area contributed by atoms with Crippen LogP contribution in [0.4, 0.5) is 4.39 Å². The Morgan fingerprint density at radius 3 is 2.03 bits per heavy atom. The lowest BCUT2D eigenvalue weighted by atomic mass is 10.0. The van der Waals surface area contributed by atoms with Gasteiger partial charge in [0.15, 0.2) is 6.10 Å². The fraction of sp³-hybridized carbons (Fsp3) is 0.375. The molecule has 0 aliphatic carbocycles. The minimum absolute atomic E-state index is 0.156. The first kappa shape index (κ1) is 25.6. The fourth-order valence-electron chi connectivity index (χ4n) is 2.90. The number of ether oxygens (including phenoxy) is 3. The highest BCUT2D eigenvalue weighted by atomic mass is 19.1. The molecule has 0 fully saturated rings. The molecule has 8 nitrogen and oxygen atoms in total. The SMILES string of the molecule is COc1cc(OC)cc(C(=O)N[C@H](C(=O)OC(C)C(=O)NCc2ccc(F)cc2)C(C)C)c1. The van der Waals surface area contributed by atoms with E-state index >= 15 is 0 Å². The normalized spacial score (nSPS) is 12.5. The summed E-state index contributed by atoms with van der Waals surface area (Å²) in [5.41, 5.74) is 0.944. The van der Waals surface area contributed by atoms with Gasteiger partial charge in [-0.1, -0.05) is 26.0 Å². The van der Waals surface area contributed by atoms with Crippen LogP contribution in [0.2, 0.25) is 0 Å². The van der Waals surface area contributed by atoms with Crippen molar-refractivity contribution in [2.24, 2.45) is 5.92 Å². The maximum atomic E-state index is 13.0. The summed E-state index contributed by atoms with van der Waals surface area (Å²) in [4.78, 5) is 37.8. The third-order valence-corrected chi connectivity index (χ3v) is 4.86. The zero-order valence-electron chi connectivity index (χ0n) is 19.3. The molecule has 0 radical (unpaired) electrons. The van der Waals surface area contributed by atoms with Crippen molar-refractivity contribution in [3.05, 3.63) is 59.4 Å². The number of hydrogen-bond donors (Lipinski definition) is 2. The standard InChI is InChI=1S/C24H29FN2O6/c1-14(2)21(27-23(29)17-10-19(31-4)12-20(11-17)32-5)24(30)33-15(3)22(28)26-13-16-6-8-18(25)9-7-16/h6-12,14-15,21H,13H2,1-5H3,(H,26,28)(H,27,29)/t15?,21-/m0/s1. The van der Waals surface area contributed by atoms with Crippen LogP contribution in [0.25, 0.3) is 0 Å². The molecule has 2 aromatic carbocycles. The predicted octanol–water partition coefficient (Wildman–Crippen LogP) is 2.85. The Labute approximate surface area is 192 Å². The second-order valence-electron chi connectivity index (χ2n) is 7.72. The van der Waals surface area contributed by atoms with Gasteiger partial charge in [-0.2, -0.15) is 0 Å². The molecule has 2 N–H and O–H groups in total. The lowest BCUT2D eigenvalue weighted by molar-refractivity contribution is -0.157. The van der Waals surface area contributed by atoms with E-state index in [4.69, 9.17) is 14.2 Å². The summed E-state index contributed by atoms with van der Waals surface area (Å²) in [6.45, 7) is 5.09. The molecule has 0 heterocycles. The Hall–Kier alpha value is -3.62. The Morgan fingerprint density at radius 1 is 0.939 bits per heavy atom. The number of rotatable bonds is 10. The highest BCUT2D eigenvalue weighted by Gasteiger charge is 2.29. The van der Waals surface area contributed by atoms with Gasteiger partial charge in [-0.05, 0) is 42.7 Å². The average Bonchev–Trinajstić information content (AvgIpc) is 2.80. The second kappa shape index (κ2) is 11.8. The molecular weight excluding hydrogens is 431 g/mol. The van der Waals surface area contributed by atoms with Crippen molar-refractivity contribution < 1.29 is 33.0 Å². The molecule has 0 aromatic heterocycles. The minimum atomic E-state index is -1.09. The van der Waals surface area contributed by atoms with Crippen LogP contribution in [-0.2, 0) is 20.9 Å². The molecule has 0 aliphatic heterocycles. The number of benzene rings is 2. The third kappa shape index (κ3) is 7.48. The zero-order valence-corrected chi connectivity index (χ0v) is 19.3. The van der Waals surface area contributed by atoms with Crippen molar-refractivity contribution in [2.45, 2.75) is 39.5 Å². The van der Waals surface area contributed by atoms with E-state index in [1.165, 1.54) is 45.4 Å². The molecule has 2 atom stereocenters. The van der Waals surface area contributed by atoms with Crippen LogP contribution in [0.3, 0.4) is 0 Å². The minimum Gasteiger partial charge on any atom is -0.497 e. The summed E-state index contributed by atoms with van der Waals surface area (Å²) in [5.74, 6) is -1.60. The molecule has 0 bridgehead atoms. The van der Waals surface area contributed by atoms with Crippen LogP contribution in [0, 0.1) is 11.7 Å². The maximum Gasteiger partial charge on any atom is 0.329 e. The number of amides is 2. The van der Waals surface area contributed by atoms with E-state index in [9.17, 15) is 18.8 Å². The fourth-order valence-corrected chi connectivity index (χ4v) is 2.90. The van der Waals surface area contributed by atoms with E-state index in [0.717, 1.165) is 0 Å². The van der Waals surface area contributed by atoms with Crippen LogP contribution in [0.5, 0.6) is 11.5 Å². The Bertz CT molecular complexity index is 955. The van der Waals surface area contributed by atoms with Gasteiger partial charge in [0.05, 0.1) is 14.2 Å². The zero-order chi connectivity index (χ0) is 24.5. The predicted molar refractivity (Wildman–Crippen MR) is 119 cm³/mol. The van der Waals surface area contributed by atoms with Gasteiger partial charge in [0.1, 0.15) is 23.4 Å². The van der Waals surface area contributed by atoms with Crippen molar-refractivity contribution in [1.29, 1.82) is 0 Å². The van der Waals surface area contributed by atoms with Crippen molar-refractivity contribution in [1.82, 2.24) is 10.6 Å². The van der Waals surface area contributed by atoms with Crippen LogP contribution in [0.1, 0.15) is 36.7 Å². The van der Waals surface area contributed by atoms with Gasteiger partial charge >= 0.3 is 5.97 Å². The molecule has 178 valence electrons. The first-order valence-electron chi connectivity index (χ1n) is 10.4. The quantitative estimate of drug-likeness (QED) is 0.529. The van der Waals surface area contributed by atoms with Crippen LogP contribution >= 0.6 is 0 Å². The molecule has 9 heteroatoms. The Morgan fingerprint density at radius 2 is 1.52 bits per heavy atom. The number of methoxy groups -OCH3 is 2. The van der Waals surface area contributed by atoms with Crippen molar-refractivity contribution in [3.63, 3.8) is 0 Å². The summed E-state index contributed by atoms with van der Waals surface area (Å²) in [6.07, 6.45) is -1.09. The first-order valence-corrected chi connectivity index (χ1v) is 10.4. The van der Waals surface area contributed by atoms with Gasteiger partial charge in [0.25, 0.3) is 11.8 Å². The van der Waals surface area contributed by atoms with Crippen molar-refractivity contribution >= 4 is 17.8 Å². The lowest BCUT2D eigenvalue weighted by Gasteiger charge is -2.23. The number of halogens is 1. The highest BCUT2D eigenvalue weighted by Crippen LogP contribution is 2.22. The summed E-state index contributed by atoms with van der Waals surface area (Å²) in [7, 11) is 2.93. The molecule has 2 amide bonds. The Balaban J connectivity index is 2.00. The number of hydrogen-bond acceptors (Lipinski definition) is 6. The van der Waals surface area contributed by atoms with E-state index < -0.39 is 29.9 Å². The van der Waals surface area contributed by atoms with Gasteiger partial charge in [0, 0.05) is 18.2 Å². The van der Waals surface area contributed by atoms with Gasteiger partial charge < -0.3 is 24.8 Å². The second-order valence-corrected chi connectivity index (χ2v) is 7.72. The molecular formula is C24H29FN2O6. The summed E-state index contributed by atoms with van der Waals surface area (Å²) in [6, 6.07) is 9.35. The topological polar surface area (TPSA) is 103 Å². The van der Waals surface area contributed by atoms with Gasteiger partial charge in [-0.25, -0.2) is 9.18 Å². The van der Waals surface area contributed by atoms with Gasteiger partial charge in [-0.3, -0.25) is 9.59 Å². The molecule has 0 aliphatic rings. The molecule has 0 spiro atoms. The lowest BCUT2D eigenvalue weighted by Crippen LogP contribution is -2.47. The number of carbonyl (C=O) groups is 3. The Kier molecular flexibility index (Phi) is 9.20. The van der Waals surface area contributed by atoms with Gasteiger partial charge in [0.2, 0.25) is 0 Å². The van der Waals surface area contributed by atoms with E-state index in [0.29, 0.717) is 17.1 Å². The number of carbonyl (C=O) groups excluding carboxylic acids is 3. The highest BCUT2D eigenvalue weighted by molar-refractivity contribution is 5.97. The monoisotopic (exact) mass is 460 g/mol. The van der Waals surface area contributed by atoms with Crippen molar-refractivity contribution in [2.75, 3.05) is 14.2 Å². The molecule has 2 rings (SSSR count).